The van der Waals surface area contributed by atoms with Gasteiger partial charge in [-0.2, -0.15) is 0 Å². The Morgan fingerprint density at radius 2 is 1.75 bits per heavy atom. The molecule has 0 aliphatic rings. The highest BCUT2D eigenvalue weighted by molar-refractivity contribution is 6.38. The number of halogens is 2. The first kappa shape index (κ1) is 14.4. The van der Waals surface area contributed by atoms with E-state index in [9.17, 15) is 4.79 Å². The maximum absolute atomic E-state index is 11.0. The third-order valence-electron chi connectivity index (χ3n) is 2.45. The molecule has 2 rings (SSSR count). The molecular weight excluding hydrogens is 301 g/mol. The minimum atomic E-state index is -1.09. The number of rotatable bonds is 4. The Morgan fingerprint density at radius 1 is 1.10 bits per heavy atom. The first-order valence-corrected chi connectivity index (χ1v) is 6.32. The topological polar surface area (TPSA) is 58.9 Å². The molecule has 0 atom stereocenters. The minimum Gasteiger partial charge on any atom is -0.478 e. The van der Waals surface area contributed by atoms with Crippen molar-refractivity contribution in [2.24, 2.45) is 5.16 Å². The Hall–Kier alpha value is -2.04. The first-order valence-electron chi connectivity index (χ1n) is 5.56. The van der Waals surface area contributed by atoms with Crippen molar-refractivity contribution < 1.29 is 14.7 Å². The van der Waals surface area contributed by atoms with Gasteiger partial charge in [0.15, 0.2) is 5.75 Å². The van der Waals surface area contributed by atoms with Gasteiger partial charge in [-0.1, -0.05) is 46.6 Å². The predicted octanol–water partition coefficient (Wildman–Crippen LogP) is 4.10. The maximum atomic E-state index is 11.0. The molecule has 0 saturated carbocycles. The molecule has 0 heterocycles. The van der Waals surface area contributed by atoms with Crippen molar-refractivity contribution in [3.8, 4) is 5.75 Å². The number of hydrogen-bond acceptors (Lipinski definition) is 3. The van der Waals surface area contributed by atoms with E-state index in [1.54, 1.807) is 30.3 Å². The first-order chi connectivity index (χ1) is 9.59. The van der Waals surface area contributed by atoms with Crippen LogP contribution in [0.25, 0.3) is 0 Å². The van der Waals surface area contributed by atoms with Crippen LogP contribution in [0.15, 0.2) is 47.6 Å². The van der Waals surface area contributed by atoms with Crippen molar-refractivity contribution in [3.63, 3.8) is 0 Å². The monoisotopic (exact) mass is 309 g/mol. The van der Waals surface area contributed by atoms with Gasteiger partial charge in [0, 0.05) is 5.56 Å². The number of carboxylic acids is 1. The Balaban J connectivity index is 2.21. The zero-order valence-corrected chi connectivity index (χ0v) is 11.6. The van der Waals surface area contributed by atoms with Crippen molar-refractivity contribution in [3.05, 3.63) is 63.6 Å². The van der Waals surface area contributed by atoms with Crippen LogP contribution in [0.5, 0.6) is 5.75 Å². The zero-order chi connectivity index (χ0) is 14.5. The molecule has 4 nitrogen and oxygen atoms in total. The lowest BCUT2D eigenvalue weighted by molar-refractivity contribution is 0.0692. The van der Waals surface area contributed by atoms with E-state index in [1.807, 2.05) is 0 Å². The quantitative estimate of drug-likeness (QED) is 0.683. The number of oxime groups is 1. The van der Waals surface area contributed by atoms with Gasteiger partial charge in [-0.3, -0.25) is 0 Å². The number of carboxylic acid groups (broad SMARTS) is 1. The van der Waals surface area contributed by atoms with Gasteiger partial charge >= 0.3 is 5.97 Å². The van der Waals surface area contributed by atoms with Gasteiger partial charge in [0.25, 0.3) is 0 Å². The van der Waals surface area contributed by atoms with E-state index < -0.39 is 5.97 Å². The molecule has 0 radical (unpaired) electrons. The van der Waals surface area contributed by atoms with Crippen LogP contribution in [-0.4, -0.2) is 17.3 Å². The summed E-state index contributed by atoms with van der Waals surface area (Å²) >= 11 is 11.9. The Labute approximate surface area is 125 Å². The van der Waals surface area contributed by atoms with Crippen LogP contribution in [0.1, 0.15) is 15.9 Å². The summed E-state index contributed by atoms with van der Waals surface area (Å²) in [4.78, 5) is 16.1. The molecule has 0 fully saturated rings. The van der Waals surface area contributed by atoms with Crippen LogP contribution in [0.2, 0.25) is 10.0 Å². The molecule has 0 unspecified atom stereocenters. The number of carbonyl (C=O) groups is 1. The lowest BCUT2D eigenvalue weighted by atomic mass is 10.2. The van der Waals surface area contributed by atoms with Gasteiger partial charge in [-0.15, -0.1) is 0 Å². The third-order valence-corrected chi connectivity index (χ3v) is 3.11. The number of para-hydroxylation sites is 1. The summed E-state index contributed by atoms with van der Waals surface area (Å²) in [5.41, 5.74) is 0.526. The molecule has 20 heavy (non-hydrogen) atoms. The molecule has 0 spiro atoms. The molecule has 1 N–H and O–H groups in total. The standard InChI is InChI=1S/C14H9Cl2NO3/c15-11-5-3-6-12(16)10(11)8-17-20-13-7-2-1-4-9(13)14(18)19/h1-8H,(H,18,19)/b17-8+. The van der Waals surface area contributed by atoms with Crippen molar-refractivity contribution in [2.75, 3.05) is 0 Å². The van der Waals surface area contributed by atoms with Crippen LogP contribution in [0.3, 0.4) is 0 Å². The molecule has 2 aromatic rings. The van der Waals surface area contributed by atoms with Crippen LogP contribution in [-0.2, 0) is 0 Å². The molecular formula is C14H9Cl2NO3. The van der Waals surface area contributed by atoms with E-state index in [0.717, 1.165) is 0 Å². The second-order valence-electron chi connectivity index (χ2n) is 3.76. The summed E-state index contributed by atoms with van der Waals surface area (Å²) < 4.78 is 0. The highest BCUT2D eigenvalue weighted by Crippen LogP contribution is 2.23. The Morgan fingerprint density at radius 3 is 2.40 bits per heavy atom. The summed E-state index contributed by atoms with van der Waals surface area (Å²) in [6.07, 6.45) is 1.34. The molecule has 0 aliphatic carbocycles. The second-order valence-corrected chi connectivity index (χ2v) is 4.58. The average Bonchev–Trinajstić information content (AvgIpc) is 2.42. The summed E-state index contributed by atoms with van der Waals surface area (Å²) in [5.74, 6) is -0.953. The van der Waals surface area contributed by atoms with Crippen molar-refractivity contribution in [1.29, 1.82) is 0 Å². The van der Waals surface area contributed by atoms with Gasteiger partial charge < -0.3 is 9.94 Å². The highest BCUT2D eigenvalue weighted by Gasteiger charge is 2.10. The third kappa shape index (κ3) is 3.29. The Bertz CT molecular complexity index is 651. The summed E-state index contributed by atoms with van der Waals surface area (Å²) in [5, 5.41) is 13.6. The van der Waals surface area contributed by atoms with E-state index in [4.69, 9.17) is 33.1 Å². The van der Waals surface area contributed by atoms with E-state index in [-0.39, 0.29) is 11.3 Å². The van der Waals surface area contributed by atoms with Gasteiger partial charge in [-0.05, 0) is 24.3 Å². The molecule has 0 aliphatic heterocycles. The normalized spacial score (nSPS) is 10.7. The van der Waals surface area contributed by atoms with E-state index in [0.29, 0.717) is 15.6 Å². The van der Waals surface area contributed by atoms with Crippen molar-refractivity contribution in [2.45, 2.75) is 0 Å². The smallest absolute Gasteiger partial charge is 0.339 e. The molecule has 0 amide bonds. The van der Waals surface area contributed by atoms with Gasteiger partial charge in [0.2, 0.25) is 0 Å². The van der Waals surface area contributed by atoms with Crippen LogP contribution in [0.4, 0.5) is 0 Å². The van der Waals surface area contributed by atoms with E-state index >= 15 is 0 Å². The maximum Gasteiger partial charge on any atom is 0.339 e. The molecule has 2 aromatic carbocycles. The lowest BCUT2D eigenvalue weighted by Gasteiger charge is -2.03. The van der Waals surface area contributed by atoms with Gasteiger partial charge in [0.05, 0.1) is 16.3 Å². The fourth-order valence-corrected chi connectivity index (χ4v) is 1.99. The van der Waals surface area contributed by atoms with Crippen LogP contribution < -0.4 is 4.84 Å². The number of nitrogens with zero attached hydrogens (tertiary/aromatic N) is 1. The number of hydrogen-bond donors (Lipinski definition) is 1. The number of benzene rings is 2. The Kier molecular flexibility index (Phi) is 4.61. The molecule has 102 valence electrons. The number of aromatic carboxylic acids is 1. The van der Waals surface area contributed by atoms with Gasteiger partial charge in [-0.25, -0.2) is 4.79 Å². The van der Waals surface area contributed by atoms with Crippen LogP contribution in [0, 0.1) is 0 Å². The summed E-state index contributed by atoms with van der Waals surface area (Å²) in [6, 6.07) is 11.2. The lowest BCUT2D eigenvalue weighted by Crippen LogP contribution is -1.99. The van der Waals surface area contributed by atoms with Gasteiger partial charge in [0.1, 0.15) is 5.56 Å². The summed E-state index contributed by atoms with van der Waals surface area (Å²) in [6.45, 7) is 0. The SMILES string of the molecule is O=C(O)c1ccccc1O/N=C/c1c(Cl)cccc1Cl. The van der Waals surface area contributed by atoms with Crippen LogP contribution >= 0.6 is 23.2 Å². The summed E-state index contributed by atoms with van der Waals surface area (Å²) in [7, 11) is 0. The average molecular weight is 310 g/mol. The van der Waals surface area contributed by atoms with Crippen molar-refractivity contribution in [1.82, 2.24) is 0 Å². The second kappa shape index (κ2) is 6.41. The molecule has 0 bridgehead atoms. The van der Waals surface area contributed by atoms with E-state index in [2.05, 4.69) is 5.16 Å². The molecule has 0 aromatic heterocycles. The molecule has 0 saturated heterocycles. The zero-order valence-electron chi connectivity index (χ0n) is 10.1. The predicted molar refractivity (Wildman–Crippen MR) is 78.1 cm³/mol. The molecule has 6 heteroatoms. The largest absolute Gasteiger partial charge is 0.478 e. The highest BCUT2D eigenvalue weighted by atomic mass is 35.5. The fourth-order valence-electron chi connectivity index (χ4n) is 1.49. The fraction of sp³-hybridized carbons (Fsp3) is 0. The van der Waals surface area contributed by atoms with E-state index in [1.165, 1.54) is 18.3 Å². The minimum absolute atomic E-state index is 0.0231. The van der Waals surface area contributed by atoms with Crippen molar-refractivity contribution >= 4 is 35.4 Å².